The number of aliphatic hydroxyl groups is 1. The van der Waals surface area contributed by atoms with Crippen LogP contribution in [0.15, 0.2) is 30.3 Å². The Morgan fingerprint density at radius 1 is 1.33 bits per heavy atom. The molecule has 2 rings (SSSR count). The summed E-state index contributed by atoms with van der Waals surface area (Å²) in [6.45, 7) is 0. The number of benzene rings is 1. The molecule has 0 saturated heterocycles. The first-order chi connectivity index (χ1) is 10.0. The number of carbonyl (C=O) groups excluding carboxylic acids is 1. The highest BCUT2D eigenvalue weighted by Gasteiger charge is 2.19. The zero-order valence-electron chi connectivity index (χ0n) is 11.6. The maximum atomic E-state index is 11.8. The van der Waals surface area contributed by atoms with Gasteiger partial charge >= 0.3 is 0 Å². The van der Waals surface area contributed by atoms with E-state index in [1.165, 1.54) is 18.2 Å². The molecule has 0 atom stereocenters. The maximum Gasteiger partial charge on any atom is 0.270 e. The molecular weight excluding hydrogens is 272 g/mol. The third-order valence-electron chi connectivity index (χ3n) is 3.55. The molecule has 0 bridgehead atoms. The first kappa shape index (κ1) is 15.2. The predicted octanol–water partition coefficient (Wildman–Crippen LogP) is 2.03. The second-order valence-electron chi connectivity index (χ2n) is 5.20. The van der Waals surface area contributed by atoms with Crippen molar-refractivity contribution in [1.29, 1.82) is 0 Å². The van der Waals surface area contributed by atoms with Gasteiger partial charge in [-0.15, -0.1) is 0 Å². The van der Waals surface area contributed by atoms with Gasteiger partial charge in [0, 0.05) is 24.3 Å². The van der Waals surface area contributed by atoms with E-state index in [0.717, 1.165) is 12.8 Å². The molecule has 0 heterocycles. The third-order valence-corrected chi connectivity index (χ3v) is 3.55. The largest absolute Gasteiger partial charge is 0.393 e. The van der Waals surface area contributed by atoms with E-state index in [2.05, 4.69) is 5.32 Å². The molecule has 1 saturated carbocycles. The number of rotatable bonds is 4. The first-order valence-electron chi connectivity index (χ1n) is 6.95. The fourth-order valence-corrected chi connectivity index (χ4v) is 2.38. The monoisotopic (exact) mass is 290 g/mol. The molecule has 1 aliphatic rings. The average Bonchev–Trinajstić information content (AvgIpc) is 2.48. The Morgan fingerprint density at radius 3 is 2.71 bits per heavy atom. The Balaban J connectivity index is 1.90. The van der Waals surface area contributed by atoms with Crippen molar-refractivity contribution < 1.29 is 14.8 Å². The van der Waals surface area contributed by atoms with Crippen LogP contribution in [0.4, 0.5) is 5.69 Å². The van der Waals surface area contributed by atoms with E-state index in [4.69, 9.17) is 0 Å². The van der Waals surface area contributed by atoms with E-state index < -0.39 is 4.92 Å². The van der Waals surface area contributed by atoms with Gasteiger partial charge in [-0.05, 0) is 37.3 Å². The van der Waals surface area contributed by atoms with E-state index in [1.54, 1.807) is 18.2 Å². The van der Waals surface area contributed by atoms with Crippen molar-refractivity contribution >= 4 is 17.7 Å². The zero-order chi connectivity index (χ0) is 15.2. The second-order valence-corrected chi connectivity index (χ2v) is 5.20. The second kappa shape index (κ2) is 6.99. The number of hydrogen-bond donors (Lipinski definition) is 2. The lowest BCUT2D eigenvalue weighted by Crippen LogP contribution is -2.37. The summed E-state index contributed by atoms with van der Waals surface area (Å²) in [6, 6.07) is 6.20. The molecule has 0 aromatic heterocycles. The van der Waals surface area contributed by atoms with Crippen LogP contribution in [0.2, 0.25) is 0 Å². The summed E-state index contributed by atoms with van der Waals surface area (Å²) in [5, 5.41) is 22.9. The number of nitro benzene ring substituents is 1. The summed E-state index contributed by atoms with van der Waals surface area (Å²) >= 11 is 0. The zero-order valence-corrected chi connectivity index (χ0v) is 11.6. The van der Waals surface area contributed by atoms with Crippen molar-refractivity contribution in [3.05, 3.63) is 46.0 Å². The number of non-ortho nitro benzene ring substituents is 1. The molecule has 0 spiro atoms. The fourth-order valence-electron chi connectivity index (χ4n) is 2.38. The molecule has 1 fully saturated rings. The van der Waals surface area contributed by atoms with Gasteiger partial charge in [0.25, 0.3) is 5.69 Å². The third kappa shape index (κ3) is 4.68. The highest BCUT2D eigenvalue weighted by Crippen LogP contribution is 2.18. The van der Waals surface area contributed by atoms with E-state index in [-0.39, 0.29) is 23.7 Å². The van der Waals surface area contributed by atoms with Crippen LogP contribution in [0, 0.1) is 10.1 Å². The SMILES string of the molecule is O=C(/C=C/c1cccc([N+](=O)[O-])c1)NC1CCC(O)CC1. The molecule has 0 aliphatic heterocycles. The van der Waals surface area contributed by atoms with Gasteiger partial charge in [0.2, 0.25) is 5.91 Å². The Bertz CT molecular complexity index is 548. The number of nitrogens with one attached hydrogen (secondary N) is 1. The molecule has 21 heavy (non-hydrogen) atoms. The van der Waals surface area contributed by atoms with Crippen LogP contribution < -0.4 is 5.32 Å². The Morgan fingerprint density at radius 2 is 2.05 bits per heavy atom. The van der Waals surface area contributed by atoms with Crippen molar-refractivity contribution in [3.63, 3.8) is 0 Å². The van der Waals surface area contributed by atoms with Gasteiger partial charge in [0.15, 0.2) is 0 Å². The van der Waals surface area contributed by atoms with Crippen LogP contribution in [0.1, 0.15) is 31.2 Å². The van der Waals surface area contributed by atoms with Gasteiger partial charge in [-0.3, -0.25) is 14.9 Å². The van der Waals surface area contributed by atoms with Crippen LogP contribution in [0.25, 0.3) is 6.08 Å². The average molecular weight is 290 g/mol. The topological polar surface area (TPSA) is 92.5 Å². The van der Waals surface area contributed by atoms with Crippen LogP contribution in [0.5, 0.6) is 0 Å². The smallest absolute Gasteiger partial charge is 0.270 e. The highest BCUT2D eigenvalue weighted by atomic mass is 16.6. The Labute approximate surface area is 122 Å². The molecule has 0 radical (unpaired) electrons. The maximum absolute atomic E-state index is 11.8. The van der Waals surface area contributed by atoms with Gasteiger partial charge < -0.3 is 10.4 Å². The minimum absolute atomic E-state index is 0.00109. The van der Waals surface area contributed by atoms with Gasteiger partial charge in [-0.2, -0.15) is 0 Å². The van der Waals surface area contributed by atoms with E-state index in [1.807, 2.05) is 0 Å². The number of amides is 1. The minimum atomic E-state index is -0.468. The van der Waals surface area contributed by atoms with E-state index in [0.29, 0.717) is 18.4 Å². The molecule has 1 aromatic rings. The van der Waals surface area contributed by atoms with Gasteiger partial charge in [-0.1, -0.05) is 12.1 Å². The van der Waals surface area contributed by atoms with E-state index >= 15 is 0 Å². The summed E-state index contributed by atoms with van der Waals surface area (Å²) in [4.78, 5) is 22.0. The summed E-state index contributed by atoms with van der Waals surface area (Å²) in [5.41, 5.74) is 0.609. The quantitative estimate of drug-likeness (QED) is 0.504. The Kier molecular flexibility index (Phi) is 5.05. The first-order valence-corrected chi connectivity index (χ1v) is 6.95. The molecule has 0 unspecified atom stereocenters. The number of nitrogens with zero attached hydrogens (tertiary/aromatic N) is 1. The Hall–Kier alpha value is -2.21. The van der Waals surface area contributed by atoms with Crippen molar-refractivity contribution in [2.24, 2.45) is 0 Å². The van der Waals surface area contributed by atoms with Crippen molar-refractivity contribution in [1.82, 2.24) is 5.32 Å². The lowest BCUT2D eigenvalue weighted by atomic mass is 9.93. The minimum Gasteiger partial charge on any atom is -0.393 e. The molecule has 2 N–H and O–H groups in total. The summed E-state index contributed by atoms with van der Waals surface area (Å²) < 4.78 is 0. The van der Waals surface area contributed by atoms with Crippen LogP contribution in [-0.2, 0) is 4.79 Å². The van der Waals surface area contributed by atoms with Crippen molar-refractivity contribution in [2.75, 3.05) is 0 Å². The van der Waals surface area contributed by atoms with Crippen LogP contribution in [-0.4, -0.2) is 28.1 Å². The van der Waals surface area contributed by atoms with Crippen molar-refractivity contribution in [3.8, 4) is 0 Å². The highest BCUT2D eigenvalue weighted by molar-refractivity contribution is 5.92. The molecule has 6 nitrogen and oxygen atoms in total. The molecule has 1 aromatic carbocycles. The van der Waals surface area contributed by atoms with Gasteiger partial charge in [-0.25, -0.2) is 0 Å². The number of hydrogen-bond acceptors (Lipinski definition) is 4. The molecular formula is C15H18N2O4. The van der Waals surface area contributed by atoms with Crippen LogP contribution in [0.3, 0.4) is 0 Å². The summed E-state index contributed by atoms with van der Waals surface area (Å²) in [5.74, 6) is -0.220. The molecule has 6 heteroatoms. The normalized spacial score (nSPS) is 22.1. The lowest BCUT2D eigenvalue weighted by molar-refractivity contribution is -0.384. The van der Waals surface area contributed by atoms with Gasteiger partial charge in [0.1, 0.15) is 0 Å². The van der Waals surface area contributed by atoms with Crippen LogP contribution >= 0.6 is 0 Å². The fraction of sp³-hybridized carbons (Fsp3) is 0.400. The standard InChI is InChI=1S/C15H18N2O4/c18-14-7-5-12(6-8-14)16-15(19)9-4-11-2-1-3-13(10-11)17(20)21/h1-4,9-10,12,14,18H,5-8H2,(H,16,19)/b9-4+. The molecule has 112 valence electrons. The van der Waals surface area contributed by atoms with Crippen molar-refractivity contribution in [2.45, 2.75) is 37.8 Å². The molecule has 1 amide bonds. The lowest BCUT2D eigenvalue weighted by Gasteiger charge is -2.25. The molecule has 1 aliphatic carbocycles. The summed E-state index contributed by atoms with van der Waals surface area (Å²) in [7, 11) is 0. The number of aliphatic hydroxyl groups excluding tert-OH is 1. The summed E-state index contributed by atoms with van der Waals surface area (Å²) in [6.07, 6.45) is 5.65. The van der Waals surface area contributed by atoms with E-state index in [9.17, 15) is 20.0 Å². The van der Waals surface area contributed by atoms with Gasteiger partial charge in [0.05, 0.1) is 11.0 Å². The predicted molar refractivity (Wildman–Crippen MR) is 78.5 cm³/mol. The number of carbonyl (C=O) groups is 1. The number of nitro groups is 1.